The van der Waals surface area contributed by atoms with Crippen molar-refractivity contribution in [1.82, 2.24) is 5.32 Å². The van der Waals surface area contributed by atoms with Crippen molar-refractivity contribution in [3.63, 3.8) is 0 Å². The van der Waals surface area contributed by atoms with Crippen LogP contribution in [0.15, 0.2) is 48.5 Å². The lowest BCUT2D eigenvalue weighted by molar-refractivity contribution is -0.139. The van der Waals surface area contributed by atoms with Crippen molar-refractivity contribution < 1.29 is 24.2 Å². The van der Waals surface area contributed by atoms with E-state index in [9.17, 15) is 9.59 Å². The van der Waals surface area contributed by atoms with E-state index in [0.29, 0.717) is 12.3 Å². The molecule has 2 N–H and O–H groups in total. The number of carbonyl (C=O) groups is 2. The Balaban J connectivity index is 1.52. The maximum atomic E-state index is 12.4. The van der Waals surface area contributed by atoms with E-state index < -0.39 is 5.97 Å². The average Bonchev–Trinajstić information content (AvgIpc) is 3.46. The van der Waals surface area contributed by atoms with Crippen molar-refractivity contribution in [1.29, 1.82) is 0 Å². The first-order chi connectivity index (χ1) is 12.6. The van der Waals surface area contributed by atoms with Gasteiger partial charge in [-0.15, -0.1) is 0 Å². The number of aliphatic carboxylic acids is 1. The third kappa shape index (κ3) is 4.53. The largest absolute Gasteiger partial charge is 0.497 e. The van der Waals surface area contributed by atoms with Crippen LogP contribution in [0.2, 0.25) is 0 Å². The molecule has 6 nitrogen and oxygen atoms in total. The smallest absolute Gasteiger partial charge is 0.341 e. The van der Waals surface area contributed by atoms with Gasteiger partial charge >= 0.3 is 5.97 Å². The maximum Gasteiger partial charge on any atom is 0.341 e. The van der Waals surface area contributed by atoms with Gasteiger partial charge in [-0.2, -0.15) is 0 Å². The molecule has 136 valence electrons. The van der Waals surface area contributed by atoms with Crippen molar-refractivity contribution >= 4 is 11.9 Å². The van der Waals surface area contributed by atoms with Gasteiger partial charge in [0.25, 0.3) is 0 Å². The Morgan fingerprint density at radius 2 is 1.92 bits per heavy atom. The summed E-state index contributed by atoms with van der Waals surface area (Å²) < 4.78 is 10.4. The first kappa shape index (κ1) is 17.8. The van der Waals surface area contributed by atoms with Crippen molar-refractivity contribution in [3.8, 4) is 11.5 Å². The number of methoxy groups -OCH3 is 1. The van der Waals surface area contributed by atoms with E-state index in [1.807, 2.05) is 30.3 Å². The van der Waals surface area contributed by atoms with Gasteiger partial charge in [-0.1, -0.05) is 24.3 Å². The van der Waals surface area contributed by atoms with Crippen LogP contribution < -0.4 is 14.8 Å². The minimum atomic E-state index is -1.03. The van der Waals surface area contributed by atoms with Crippen LogP contribution in [0, 0.1) is 5.92 Å². The zero-order valence-electron chi connectivity index (χ0n) is 14.5. The zero-order chi connectivity index (χ0) is 18.5. The first-order valence-corrected chi connectivity index (χ1v) is 8.42. The molecular formula is C20H21NO5. The molecule has 2 aromatic rings. The second-order valence-electron chi connectivity index (χ2n) is 6.27. The third-order valence-electron chi connectivity index (χ3n) is 4.38. The Morgan fingerprint density at radius 1 is 1.15 bits per heavy atom. The van der Waals surface area contributed by atoms with Gasteiger partial charge in [0.1, 0.15) is 11.5 Å². The predicted octanol–water partition coefficient (Wildman–Crippen LogP) is 2.58. The summed E-state index contributed by atoms with van der Waals surface area (Å²) in [4.78, 5) is 22.9. The van der Waals surface area contributed by atoms with E-state index in [1.165, 1.54) is 0 Å². The molecule has 1 amide bonds. The fraction of sp³-hybridized carbons (Fsp3) is 0.300. The van der Waals surface area contributed by atoms with Crippen molar-refractivity contribution in [2.24, 2.45) is 5.92 Å². The molecule has 3 rings (SSSR count). The lowest BCUT2D eigenvalue weighted by Crippen LogP contribution is -2.24. The molecule has 1 aliphatic rings. The number of carboxylic acids is 1. The van der Waals surface area contributed by atoms with E-state index in [2.05, 4.69) is 5.32 Å². The van der Waals surface area contributed by atoms with Crippen LogP contribution in [0.5, 0.6) is 11.5 Å². The number of hydrogen-bond acceptors (Lipinski definition) is 4. The molecule has 1 saturated carbocycles. The monoisotopic (exact) mass is 355 g/mol. The number of hydrogen-bond donors (Lipinski definition) is 2. The van der Waals surface area contributed by atoms with E-state index >= 15 is 0 Å². The quantitative estimate of drug-likeness (QED) is 0.760. The van der Waals surface area contributed by atoms with Crippen molar-refractivity contribution in [3.05, 3.63) is 59.7 Å². The van der Waals surface area contributed by atoms with E-state index in [4.69, 9.17) is 14.6 Å². The molecule has 0 aromatic heterocycles. The second-order valence-corrected chi connectivity index (χ2v) is 6.27. The van der Waals surface area contributed by atoms with Crippen LogP contribution in [-0.4, -0.2) is 30.7 Å². The van der Waals surface area contributed by atoms with Gasteiger partial charge in [-0.3, -0.25) is 4.79 Å². The number of carboxylic acid groups (broad SMARTS) is 1. The predicted molar refractivity (Wildman–Crippen MR) is 95.3 cm³/mol. The molecule has 6 heteroatoms. The van der Waals surface area contributed by atoms with Gasteiger partial charge in [0.2, 0.25) is 5.91 Å². The maximum absolute atomic E-state index is 12.4. The lowest BCUT2D eigenvalue weighted by Gasteiger charge is -2.08. The van der Waals surface area contributed by atoms with Crippen molar-refractivity contribution in [2.45, 2.75) is 18.9 Å². The Hall–Kier alpha value is -3.02. The summed E-state index contributed by atoms with van der Waals surface area (Å²) in [6.07, 6.45) is 0.834. The Morgan fingerprint density at radius 3 is 2.69 bits per heavy atom. The highest BCUT2D eigenvalue weighted by Crippen LogP contribution is 2.48. The number of ether oxygens (including phenoxy) is 2. The number of nitrogens with one attached hydrogen (secondary N) is 1. The zero-order valence-corrected chi connectivity index (χ0v) is 14.5. The van der Waals surface area contributed by atoms with Crippen LogP contribution in [-0.2, 0) is 16.1 Å². The fourth-order valence-electron chi connectivity index (χ4n) is 2.94. The second kappa shape index (κ2) is 7.91. The van der Waals surface area contributed by atoms with Gasteiger partial charge < -0.3 is 19.9 Å². The van der Waals surface area contributed by atoms with Gasteiger partial charge in [0, 0.05) is 12.5 Å². The molecule has 0 aliphatic heterocycles. The molecule has 2 unspecified atom stereocenters. The molecule has 26 heavy (non-hydrogen) atoms. The number of benzene rings is 2. The molecule has 2 atom stereocenters. The summed E-state index contributed by atoms with van der Waals surface area (Å²) >= 11 is 0. The Kier molecular flexibility index (Phi) is 5.41. The van der Waals surface area contributed by atoms with Gasteiger partial charge in [0.05, 0.1) is 7.11 Å². The van der Waals surface area contributed by atoms with Gasteiger partial charge in [-0.25, -0.2) is 4.79 Å². The summed E-state index contributed by atoms with van der Waals surface area (Å²) in [5.41, 5.74) is 1.98. The summed E-state index contributed by atoms with van der Waals surface area (Å²) in [5, 5.41) is 11.6. The molecule has 0 radical (unpaired) electrons. The van der Waals surface area contributed by atoms with E-state index in [1.54, 1.807) is 25.3 Å². The van der Waals surface area contributed by atoms with Gasteiger partial charge in [0.15, 0.2) is 6.61 Å². The topological polar surface area (TPSA) is 84.9 Å². The molecule has 0 bridgehead atoms. The molecule has 1 fully saturated rings. The molecule has 0 heterocycles. The molecular weight excluding hydrogens is 334 g/mol. The number of amides is 1. The molecule has 1 aliphatic carbocycles. The average molecular weight is 355 g/mol. The Bertz CT molecular complexity index is 804. The summed E-state index contributed by atoms with van der Waals surface area (Å²) in [6.45, 7) is -0.00938. The highest BCUT2D eigenvalue weighted by molar-refractivity contribution is 5.82. The minimum Gasteiger partial charge on any atom is -0.497 e. The standard InChI is InChI=1S/C20H21NO5/c1-25-15-6-3-5-14(9-15)17-10-18(17)20(24)21-11-13-4-2-7-16(8-13)26-12-19(22)23/h2-9,17-18H,10-12H2,1H3,(H,21,24)(H,22,23). The molecule has 0 spiro atoms. The fourth-order valence-corrected chi connectivity index (χ4v) is 2.94. The van der Waals surface area contributed by atoms with Crippen LogP contribution in [0.1, 0.15) is 23.5 Å². The lowest BCUT2D eigenvalue weighted by atomic mass is 10.1. The van der Waals surface area contributed by atoms with Crippen LogP contribution in [0.4, 0.5) is 0 Å². The third-order valence-corrected chi connectivity index (χ3v) is 4.38. The van der Waals surface area contributed by atoms with Crippen molar-refractivity contribution in [2.75, 3.05) is 13.7 Å². The Labute approximate surface area is 151 Å². The summed E-state index contributed by atoms with van der Waals surface area (Å²) in [5.74, 6) is 0.478. The van der Waals surface area contributed by atoms with E-state index in [0.717, 1.165) is 23.3 Å². The van der Waals surface area contributed by atoms with Crippen LogP contribution >= 0.6 is 0 Å². The number of carbonyl (C=O) groups excluding carboxylic acids is 1. The van der Waals surface area contributed by atoms with Crippen LogP contribution in [0.25, 0.3) is 0 Å². The minimum absolute atomic E-state index is 0.0199. The first-order valence-electron chi connectivity index (χ1n) is 8.42. The van der Waals surface area contributed by atoms with Gasteiger partial charge in [-0.05, 0) is 47.7 Å². The highest BCUT2D eigenvalue weighted by Gasteiger charge is 2.43. The molecule has 2 aromatic carbocycles. The van der Waals surface area contributed by atoms with E-state index in [-0.39, 0.29) is 24.3 Å². The summed E-state index contributed by atoms with van der Waals surface area (Å²) in [7, 11) is 1.63. The number of rotatable bonds is 8. The normalized spacial score (nSPS) is 18.0. The summed E-state index contributed by atoms with van der Waals surface area (Å²) in [6, 6.07) is 14.9. The SMILES string of the molecule is COc1cccc(C2CC2C(=O)NCc2cccc(OCC(=O)O)c2)c1. The van der Waals surface area contributed by atoms with Crippen LogP contribution in [0.3, 0.4) is 0 Å². The highest BCUT2D eigenvalue weighted by atomic mass is 16.5. The molecule has 0 saturated heterocycles.